The highest BCUT2D eigenvalue weighted by Crippen LogP contribution is 2.35. The molecule has 0 saturated carbocycles. The van der Waals surface area contributed by atoms with Crippen molar-refractivity contribution < 1.29 is 17.3 Å². The Balaban J connectivity index is 2.23. The molecule has 0 N–H and O–H groups in total. The minimum absolute atomic E-state index is 0.391. The van der Waals surface area contributed by atoms with E-state index >= 15 is 0 Å². The maximum Gasteiger partial charge on any atom is 0.264 e. The standard InChI is InChI=1S/C16H17BrO4S/c1-12(21-22(2,18)19)14-9-6-10-15(17)16(14)20-11-13-7-4-3-5-8-13/h3-10,12H,11H2,1-2H3. The lowest BCUT2D eigenvalue weighted by Crippen LogP contribution is -2.09. The van der Waals surface area contributed by atoms with E-state index in [0.717, 1.165) is 16.3 Å². The smallest absolute Gasteiger partial charge is 0.264 e. The van der Waals surface area contributed by atoms with Crippen LogP contribution in [0.2, 0.25) is 0 Å². The fraction of sp³-hybridized carbons (Fsp3) is 0.250. The Hall–Kier alpha value is -1.37. The van der Waals surface area contributed by atoms with E-state index in [2.05, 4.69) is 15.9 Å². The van der Waals surface area contributed by atoms with Gasteiger partial charge in [-0.2, -0.15) is 8.42 Å². The molecule has 0 bridgehead atoms. The lowest BCUT2D eigenvalue weighted by Gasteiger charge is -2.18. The van der Waals surface area contributed by atoms with Crippen LogP contribution in [0.25, 0.3) is 0 Å². The van der Waals surface area contributed by atoms with Crippen molar-refractivity contribution in [3.63, 3.8) is 0 Å². The van der Waals surface area contributed by atoms with Crippen LogP contribution in [-0.4, -0.2) is 14.7 Å². The highest BCUT2D eigenvalue weighted by Gasteiger charge is 2.19. The quantitative estimate of drug-likeness (QED) is 0.704. The zero-order chi connectivity index (χ0) is 16.2. The summed E-state index contributed by atoms with van der Waals surface area (Å²) in [4.78, 5) is 0. The molecule has 2 aromatic rings. The molecule has 1 unspecified atom stereocenters. The van der Waals surface area contributed by atoms with Gasteiger partial charge in [0.2, 0.25) is 0 Å². The second kappa shape index (κ2) is 7.26. The molecule has 118 valence electrons. The second-order valence-corrected chi connectivity index (χ2v) is 7.33. The van der Waals surface area contributed by atoms with Crippen molar-refractivity contribution in [3.05, 3.63) is 64.1 Å². The average molecular weight is 385 g/mol. The Morgan fingerprint density at radius 1 is 1.09 bits per heavy atom. The van der Waals surface area contributed by atoms with Gasteiger partial charge >= 0.3 is 0 Å². The molecular formula is C16H17BrO4S. The minimum Gasteiger partial charge on any atom is -0.487 e. The highest BCUT2D eigenvalue weighted by molar-refractivity contribution is 9.10. The van der Waals surface area contributed by atoms with Crippen LogP contribution in [0.5, 0.6) is 5.75 Å². The van der Waals surface area contributed by atoms with Gasteiger partial charge in [-0.05, 0) is 34.5 Å². The lowest BCUT2D eigenvalue weighted by atomic mass is 10.1. The maximum absolute atomic E-state index is 11.3. The number of halogens is 1. The van der Waals surface area contributed by atoms with E-state index in [1.54, 1.807) is 13.0 Å². The van der Waals surface area contributed by atoms with Crippen LogP contribution in [0.3, 0.4) is 0 Å². The molecule has 0 radical (unpaired) electrons. The predicted molar refractivity (Wildman–Crippen MR) is 89.3 cm³/mol. The zero-order valence-corrected chi connectivity index (χ0v) is 14.7. The van der Waals surface area contributed by atoms with Gasteiger partial charge in [0, 0.05) is 5.56 Å². The molecule has 6 heteroatoms. The lowest BCUT2D eigenvalue weighted by molar-refractivity contribution is 0.223. The van der Waals surface area contributed by atoms with E-state index in [9.17, 15) is 8.42 Å². The van der Waals surface area contributed by atoms with Crippen molar-refractivity contribution in [2.75, 3.05) is 6.26 Å². The van der Waals surface area contributed by atoms with Crippen molar-refractivity contribution >= 4 is 26.0 Å². The Bertz CT molecular complexity index is 729. The largest absolute Gasteiger partial charge is 0.487 e. The monoisotopic (exact) mass is 384 g/mol. The molecule has 0 aromatic heterocycles. The van der Waals surface area contributed by atoms with Crippen molar-refractivity contribution in [2.24, 2.45) is 0 Å². The first-order valence-corrected chi connectivity index (χ1v) is 9.31. The van der Waals surface area contributed by atoms with Gasteiger partial charge in [-0.15, -0.1) is 0 Å². The molecule has 0 aliphatic carbocycles. The minimum atomic E-state index is -3.54. The van der Waals surface area contributed by atoms with Crippen molar-refractivity contribution in [1.29, 1.82) is 0 Å². The molecule has 0 saturated heterocycles. The molecule has 22 heavy (non-hydrogen) atoms. The average Bonchev–Trinajstić information content (AvgIpc) is 2.45. The Kier molecular flexibility index (Phi) is 5.61. The van der Waals surface area contributed by atoms with Crippen molar-refractivity contribution in [1.82, 2.24) is 0 Å². The number of hydrogen-bond donors (Lipinski definition) is 0. The van der Waals surface area contributed by atoms with Gasteiger partial charge in [-0.3, -0.25) is 4.18 Å². The zero-order valence-electron chi connectivity index (χ0n) is 12.3. The summed E-state index contributed by atoms with van der Waals surface area (Å²) in [6, 6.07) is 15.2. The van der Waals surface area contributed by atoms with E-state index in [0.29, 0.717) is 17.9 Å². The van der Waals surface area contributed by atoms with E-state index in [-0.39, 0.29) is 0 Å². The summed E-state index contributed by atoms with van der Waals surface area (Å²) in [7, 11) is -3.54. The molecule has 2 aromatic carbocycles. The first-order chi connectivity index (χ1) is 10.4. The predicted octanol–water partition coefficient (Wildman–Crippen LogP) is 4.07. The van der Waals surface area contributed by atoms with Gasteiger partial charge in [-0.25, -0.2) is 0 Å². The second-order valence-electron chi connectivity index (χ2n) is 4.88. The van der Waals surface area contributed by atoms with E-state index < -0.39 is 16.2 Å². The van der Waals surface area contributed by atoms with Crippen molar-refractivity contribution in [3.8, 4) is 5.75 Å². The number of hydrogen-bond acceptors (Lipinski definition) is 4. The molecule has 0 spiro atoms. The molecular weight excluding hydrogens is 368 g/mol. The van der Waals surface area contributed by atoms with Crippen LogP contribution in [0.15, 0.2) is 53.0 Å². The van der Waals surface area contributed by atoms with Crippen LogP contribution >= 0.6 is 15.9 Å². The Morgan fingerprint density at radius 3 is 2.41 bits per heavy atom. The number of rotatable bonds is 6. The number of benzene rings is 2. The Morgan fingerprint density at radius 2 is 1.77 bits per heavy atom. The third-order valence-corrected chi connectivity index (χ3v) is 4.24. The molecule has 0 aliphatic rings. The van der Waals surface area contributed by atoms with E-state index in [1.165, 1.54) is 0 Å². The summed E-state index contributed by atoms with van der Waals surface area (Å²) >= 11 is 3.44. The third-order valence-electron chi connectivity index (χ3n) is 2.98. The molecule has 2 rings (SSSR count). The molecule has 0 amide bonds. The van der Waals surface area contributed by atoms with Gasteiger partial charge in [0.25, 0.3) is 10.1 Å². The maximum atomic E-state index is 11.3. The van der Waals surface area contributed by atoms with Crippen LogP contribution in [0.4, 0.5) is 0 Å². The molecule has 0 fully saturated rings. The van der Waals surface area contributed by atoms with E-state index in [4.69, 9.17) is 8.92 Å². The summed E-state index contributed by atoms with van der Waals surface area (Å²) in [6.07, 6.45) is 0.407. The molecule has 0 heterocycles. The third kappa shape index (κ3) is 4.83. The fourth-order valence-electron chi connectivity index (χ4n) is 2.04. The first-order valence-electron chi connectivity index (χ1n) is 6.70. The van der Waals surface area contributed by atoms with Gasteiger partial charge in [0.05, 0.1) is 10.7 Å². The number of para-hydroxylation sites is 1. The van der Waals surface area contributed by atoms with Crippen LogP contribution in [0.1, 0.15) is 24.2 Å². The summed E-state index contributed by atoms with van der Waals surface area (Å²) in [5.41, 5.74) is 1.71. The van der Waals surface area contributed by atoms with Crippen molar-refractivity contribution in [2.45, 2.75) is 19.6 Å². The number of ether oxygens (including phenoxy) is 1. The first kappa shape index (κ1) is 17.0. The van der Waals surface area contributed by atoms with Crippen LogP contribution in [0, 0.1) is 0 Å². The summed E-state index contributed by atoms with van der Waals surface area (Å²) < 4.78 is 34.3. The SMILES string of the molecule is CC(OS(C)(=O)=O)c1cccc(Br)c1OCc1ccccc1. The normalized spacial score (nSPS) is 12.9. The summed E-state index contributed by atoms with van der Waals surface area (Å²) in [6.45, 7) is 2.07. The van der Waals surface area contributed by atoms with Gasteiger partial charge in [0.15, 0.2) is 0 Å². The molecule has 4 nitrogen and oxygen atoms in total. The molecule has 0 aliphatic heterocycles. The van der Waals surface area contributed by atoms with Gasteiger partial charge < -0.3 is 4.74 Å². The van der Waals surface area contributed by atoms with Crippen LogP contribution in [-0.2, 0) is 20.9 Å². The van der Waals surface area contributed by atoms with Gasteiger partial charge in [0.1, 0.15) is 18.5 Å². The van der Waals surface area contributed by atoms with Gasteiger partial charge in [-0.1, -0.05) is 42.5 Å². The van der Waals surface area contributed by atoms with E-state index in [1.807, 2.05) is 42.5 Å². The Labute approximate surface area is 139 Å². The van der Waals surface area contributed by atoms with Crippen LogP contribution < -0.4 is 4.74 Å². The fourth-order valence-corrected chi connectivity index (χ4v) is 3.17. The topological polar surface area (TPSA) is 52.6 Å². The summed E-state index contributed by atoms with van der Waals surface area (Å²) in [5.74, 6) is 0.586. The molecule has 1 atom stereocenters. The summed E-state index contributed by atoms with van der Waals surface area (Å²) in [5, 5.41) is 0. The highest BCUT2D eigenvalue weighted by atomic mass is 79.9.